The fourth-order valence-corrected chi connectivity index (χ4v) is 2.22. The van der Waals surface area contributed by atoms with E-state index in [9.17, 15) is 19.7 Å². The van der Waals surface area contributed by atoms with Crippen molar-refractivity contribution in [3.63, 3.8) is 0 Å². The van der Waals surface area contributed by atoms with Gasteiger partial charge < -0.3 is 9.67 Å². The molecule has 0 unspecified atom stereocenters. The summed E-state index contributed by atoms with van der Waals surface area (Å²) in [5.74, 6) is -1.28. The van der Waals surface area contributed by atoms with Crippen LogP contribution < -0.4 is 5.56 Å². The summed E-state index contributed by atoms with van der Waals surface area (Å²) >= 11 is 0. The van der Waals surface area contributed by atoms with Crippen LogP contribution in [0, 0.1) is 10.1 Å². The molecule has 1 aromatic carbocycles. The van der Waals surface area contributed by atoms with Gasteiger partial charge in [0.25, 0.3) is 11.2 Å². The topological polar surface area (TPSA) is 102 Å². The lowest BCUT2D eigenvalue weighted by atomic mass is 10.1. The molecule has 0 atom stereocenters. The van der Waals surface area contributed by atoms with E-state index < -0.39 is 16.5 Å². The first-order valence-electron chi connectivity index (χ1n) is 6.56. The highest BCUT2D eigenvalue weighted by Crippen LogP contribution is 2.24. The van der Waals surface area contributed by atoms with Crippen LogP contribution >= 0.6 is 0 Å². The van der Waals surface area contributed by atoms with Gasteiger partial charge in [0.2, 0.25) is 0 Å². The lowest BCUT2D eigenvalue weighted by Crippen LogP contribution is -2.28. The Bertz CT molecular complexity index is 791. The Morgan fingerprint density at radius 3 is 2.23 bits per heavy atom. The van der Waals surface area contributed by atoms with Gasteiger partial charge in [-0.25, -0.2) is 4.79 Å². The quantitative estimate of drug-likeness (QED) is 0.691. The summed E-state index contributed by atoms with van der Waals surface area (Å²) in [6.07, 6.45) is 0. The smallest absolute Gasteiger partial charge is 0.341 e. The van der Waals surface area contributed by atoms with E-state index in [0.717, 1.165) is 0 Å². The Morgan fingerprint density at radius 1 is 1.18 bits per heavy atom. The van der Waals surface area contributed by atoms with E-state index in [2.05, 4.69) is 0 Å². The van der Waals surface area contributed by atoms with E-state index in [1.165, 1.54) is 41.0 Å². The second-order valence-corrected chi connectivity index (χ2v) is 5.01. The van der Waals surface area contributed by atoms with Crippen LogP contribution in [0.5, 0.6) is 0 Å². The predicted octanol–water partition coefficient (Wildman–Crippen LogP) is 2.70. The van der Waals surface area contributed by atoms with Crippen molar-refractivity contribution in [2.24, 2.45) is 0 Å². The normalized spacial score (nSPS) is 10.7. The van der Waals surface area contributed by atoms with Crippen molar-refractivity contribution >= 4 is 11.7 Å². The van der Waals surface area contributed by atoms with Crippen molar-refractivity contribution < 1.29 is 14.8 Å². The molecule has 0 saturated carbocycles. The van der Waals surface area contributed by atoms with Crippen LogP contribution in [0.3, 0.4) is 0 Å². The molecule has 7 nitrogen and oxygen atoms in total. The highest BCUT2D eigenvalue weighted by Gasteiger charge is 2.17. The summed E-state index contributed by atoms with van der Waals surface area (Å²) in [6, 6.07) is 8.28. The Hall–Kier alpha value is -2.96. The largest absolute Gasteiger partial charge is 0.477 e. The average Bonchev–Trinajstić information content (AvgIpc) is 2.46. The summed E-state index contributed by atoms with van der Waals surface area (Å²) in [4.78, 5) is 33.5. The molecule has 0 aliphatic carbocycles. The summed E-state index contributed by atoms with van der Waals surface area (Å²) in [6.45, 7) is 3.53. The minimum Gasteiger partial charge on any atom is -0.477 e. The number of carbonyl (C=O) groups is 1. The van der Waals surface area contributed by atoms with Gasteiger partial charge >= 0.3 is 5.97 Å². The Morgan fingerprint density at radius 2 is 1.77 bits per heavy atom. The zero-order chi connectivity index (χ0) is 16.4. The van der Waals surface area contributed by atoms with Gasteiger partial charge in [-0.3, -0.25) is 14.9 Å². The molecule has 0 aliphatic heterocycles. The lowest BCUT2D eigenvalue weighted by molar-refractivity contribution is -0.384. The minimum atomic E-state index is -1.28. The Labute approximate surface area is 125 Å². The molecule has 1 heterocycles. The molecule has 2 rings (SSSR count). The Balaban J connectivity index is 2.65. The summed E-state index contributed by atoms with van der Waals surface area (Å²) in [5, 5.41) is 19.7. The second kappa shape index (κ2) is 5.80. The number of carboxylic acid groups (broad SMARTS) is 1. The number of pyridine rings is 1. The van der Waals surface area contributed by atoms with E-state index in [4.69, 9.17) is 5.11 Å². The van der Waals surface area contributed by atoms with Gasteiger partial charge in [-0.1, -0.05) is 0 Å². The predicted molar refractivity (Wildman–Crippen MR) is 80.1 cm³/mol. The van der Waals surface area contributed by atoms with Crippen LogP contribution in [0.4, 0.5) is 5.69 Å². The molecule has 0 aliphatic rings. The van der Waals surface area contributed by atoms with Crippen LogP contribution in [0.15, 0.2) is 41.2 Å². The van der Waals surface area contributed by atoms with Gasteiger partial charge in [0.15, 0.2) is 0 Å². The van der Waals surface area contributed by atoms with Gasteiger partial charge in [-0.05, 0) is 43.7 Å². The maximum absolute atomic E-state index is 12.3. The third-order valence-corrected chi connectivity index (χ3v) is 3.24. The Kier molecular flexibility index (Phi) is 4.07. The molecule has 0 saturated heterocycles. The van der Waals surface area contributed by atoms with E-state index in [1.54, 1.807) is 13.8 Å². The molecule has 0 radical (unpaired) electrons. The van der Waals surface area contributed by atoms with Gasteiger partial charge in [0.1, 0.15) is 5.56 Å². The van der Waals surface area contributed by atoms with Crippen molar-refractivity contribution in [1.82, 2.24) is 4.57 Å². The van der Waals surface area contributed by atoms with Crippen LogP contribution in [-0.2, 0) is 0 Å². The summed E-state index contributed by atoms with van der Waals surface area (Å²) in [7, 11) is 0. The number of benzene rings is 1. The maximum Gasteiger partial charge on any atom is 0.341 e. The molecule has 1 aromatic heterocycles. The number of nitro benzene ring substituents is 1. The van der Waals surface area contributed by atoms with Crippen molar-refractivity contribution in [1.29, 1.82) is 0 Å². The highest BCUT2D eigenvalue weighted by molar-refractivity contribution is 5.87. The summed E-state index contributed by atoms with van der Waals surface area (Å²) < 4.78 is 1.37. The standard InChI is InChI=1S/C15H14N2O5/c1-9(2)16-13(8-7-12(14(16)18)15(19)20)10-3-5-11(6-4-10)17(21)22/h3-9H,1-2H3,(H,19,20). The van der Waals surface area contributed by atoms with E-state index in [-0.39, 0.29) is 17.3 Å². The third kappa shape index (κ3) is 2.73. The number of aromatic nitrogens is 1. The van der Waals surface area contributed by atoms with Crippen LogP contribution in [0.1, 0.15) is 30.2 Å². The number of nitro groups is 1. The molecule has 2 aromatic rings. The number of aromatic carboxylic acids is 1. The molecule has 0 amide bonds. The van der Waals surface area contributed by atoms with Gasteiger partial charge in [-0.15, -0.1) is 0 Å². The van der Waals surface area contributed by atoms with Gasteiger partial charge in [0, 0.05) is 18.2 Å². The molecule has 0 fully saturated rings. The number of hydrogen-bond donors (Lipinski definition) is 1. The van der Waals surface area contributed by atoms with Crippen LogP contribution in [0.25, 0.3) is 11.3 Å². The zero-order valence-corrected chi connectivity index (χ0v) is 12.0. The van der Waals surface area contributed by atoms with E-state index in [1.807, 2.05) is 0 Å². The zero-order valence-electron chi connectivity index (χ0n) is 12.0. The van der Waals surface area contributed by atoms with Crippen molar-refractivity contribution in [2.45, 2.75) is 19.9 Å². The minimum absolute atomic E-state index is 0.0515. The fraction of sp³-hybridized carbons (Fsp3) is 0.200. The van der Waals surface area contributed by atoms with Gasteiger partial charge in [0.05, 0.1) is 10.6 Å². The third-order valence-electron chi connectivity index (χ3n) is 3.24. The maximum atomic E-state index is 12.3. The van der Waals surface area contributed by atoms with Crippen LogP contribution in [-0.4, -0.2) is 20.6 Å². The summed E-state index contributed by atoms with van der Waals surface area (Å²) in [5.41, 5.74) is 0.162. The molecule has 1 N–H and O–H groups in total. The van der Waals surface area contributed by atoms with Crippen molar-refractivity contribution in [3.8, 4) is 11.3 Å². The molecule has 7 heteroatoms. The molecular weight excluding hydrogens is 288 g/mol. The monoisotopic (exact) mass is 302 g/mol. The number of nitrogens with zero attached hydrogens (tertiary/aromatic N) is 2. The average molecular weight is 302 g/mol. The molecule has 0 bridgehead atoms. The number of rotatable bonds is 4. The van der Waals surface area contributed by atoms with Crippen molar-refractivity contribution in [3.05, 3.63) is 62.4 Å². The molecule has 114 valence electrons. The fourth-order valence-electron chi connectivity index (χ4n) is 2.22. The van der Waals surface area contributed by atoms with Gasteiger partial charge in [-0.2, -0.15) is 0 Å². The van der Waals surface area contributed by atoms with Crippen LogP contribution in [0.2, 0.25) is 0 Å². The SMILES string of the molecule is CC(C)n1c(-c2ccc([N+](=O)[O-])cc2)ccc(C(=O)O)c1=O. The highest BCUT2D eigenvalue weighted by atomic mass is 16.6. The van der Waals surface area contributed by atoms with E-state index >= 15 is 0 Å². The second-order valence-electron chi connectivity index (χ2n) is 5.01. The number of non-ortho nitro benzene ring substituents is 1. The first-order chi connectivity index (χ1) is 10.3. The molecule has 0 spiro atoms. The first kappa shape index (κ1) is 15.4. The number of carboxylic acids is 1. The number of hydrogen-bond acceptors (Lipinski definition) is 4. The molecular formula is C15H14N2O5. The molecule has 22 heavy (non-hydrogen) atoms. The first-order valence-corrected chi connectivity index (χ1v) is 6.56. The lowest BCUT2D eigenvalue weighted by Gasteiger charge is -2.17. The van der Waals surface area contributed by atoms with Crippen molar-refractivity contribution in [2.75, 3.05) is 0 Å². The van der Waals surface area contributed by atoms with E-state index in [0.29, 0.717) is 11.3 Å².